The minimum absolute atomic E-state index is 0.0148. The number of sulfonamides is 1. The molecule has 0 aliphatic heterocycles. The molecule has 0 fully saturated rings. The van der Waals surface area contributed by atoms with Crippen molar-refractivity contribution in [2.24, 2.45) is 5.14 Å². The summed E-state index contributed by atoms with van der Waals surface area (Å²) in [5.74, 6) is 0. The Kier molecular flexibility index (Phi) is 7.94. The molecule has 0 radical (unpaired) electrons. The molecule has 0 atom stereocenters. The number of nitrogens with zero attached hydrogens (tertiary/aromatic N) is 2. The zero-order valence-electron chi connectivity index (χ0n) is 17.7. The van der Waals surface area contributed by atoms with Gasteiger partial charge in [-0.3, -0.25) is 4.57 Å². The smallest absolute Gasteiger partial charge is 0.272 e. The maximum atomic E-state index is 11.9. The molecule has 0 saturated carbocycles. The van der Waals surface area contributed by atoms with Gasteiger partial charge in [-0.1, -0.05) is 52.0 Å². The van der Waals surface area contributed by atoms with Crippen molar-refractivity contribution in [3.05, 3.63) is 10.8 Å². The zero-order chi connectivity index (χ0) is 21.3. The molecule has 0 amide bonds. The van der Waals surface area contributed by atoms with Gasteiger partial charge in [0.1, 0.15) is 6.73 Å². The fourth-order valence-electron chi connectivity index (χ4n) is 1.92. The molecule has 27 heavy (non-hydrogen) atoms. The first-order valence-corrected chi connectivity index (χ1v) is 17.5. The van der Waals surface area contributed by atoms with E-state index >= 15 is 0 Å². The highest BCUT2D eigenvalue weighted by molar-refractivity contribution is 7.89. The number of hydrogen-bond acceptors (Lipinski definition) is 5. The number of halogens is 1. The van der Waals surface area contributed by atoms with E-state index in [2.05, 4.69) is 58.5 Å². The van der Waals surface area contributed by atoms with Crippen LogP contribution in [0.1, 0.15) is 26.5 Å². The van der Waals surface area contributed by atoms with E-state index in [9.17, 15) is 8.42 Å². The maximum absolute atomic E-state index is 11.9. The van der Waals surface area contributed by atoms with Gasteiger partial charge in [0.2, 0.25) is 5.16 Å². The molecule has 0 saturated heterocycles. The molecule has 1 rings (SSSR count). The fourth-order valence-corrected chi connectivity index (χ4v) is 4.59. The van der Waals surface area contributed by atoms with Crippen molar-refractivity contribution in [2.75, 3.05) is 6.61 Å². The summed E-state index contributed by atoms with van der Waals surface area (Å²) in [5.41, 5.74) is 0.471. The van der Waals surface area contributed by atoms with E-state index in [1.54, 1.807) is 0 Å². The average Bonchev–Trinajstić information content (AvgIpc) is 2.75. The normalized spacial score (nSPS) is 14.0. The van der Waals surface area contributed by atoms with E-state index < -0.39 is 26.4 Å². The second kappa shape index (κ2) is 8.64. The quantitative estimate of drug-likeness (QED) is 0.448. The lowest BCUT2D eigenvalue weighted by Crippen LogP contribution is -2.40. The van der Waals surface area contributed by atoms with E-state index in [0.717, 1.165) is 6.04 Å². The summed E-state index contributed by atoms with van der Waals surface area (Å²) in [5, 5.41) is 5.11. The lowest BCUT2D eigenvalue weighted by atomic mass is 10.2. The molecule has 0 aliphatic rings. The second-order valence-electron chi connectivity index (χ2n) is 9.50. The predicted octanol–water partition coefficient (Wildman–Crippen LogP) is 4.02. The number of nitrogens with two attached hydrogens (primary N) is 1. The van der Waals surface area contributed by atoms with E-state index in [1.165, 1.54) is 4.57 Å². The highest BCUT2D eigenvalue weighted by Gasteiger charge is 2.38. The van der Waals surface area contributed by atoms with Crippen LogP contribution in [0.25, 0.3) is 0 Å². The lowest BCUT2D eigenvalue weighted by Gasteiger charge is -2.36. The van der Waals surface area contributed by atoms with Crippen molar-refractivity contribution in [1.82, 2.24) is 9.55 Å². The molecule has 1 aromatic heterocycles. The Bertz CT molecular complexity index is 753. The predicted molar refractivity (Wildman–Crippen MR) is 115 cm³/mol. The molecular formula is C16H34ClN3O4SSi2. The van der Waals surface area contributed by atoms with Gasteiger partial charge in [0.25, 0.3) is 10.0 Å². The van der Waals surface area contributed by atoms with Crippen LogP contribution in [0.2, 0.25) is 49.0 Å². The number of primary sulfonamides is 1. The molecule has 0 bridgehead atoms. The third-order valence-electron chi connectivity index (χ3n) is 4.84. The van der Waals surface area contributed by atoms with Crippen LogP contribution >= 0.6 is 11.6 Å². The Morgan fingerprint density at radius 3 is 2.19 bits per heavy atom. The van der Waals surface area contributed by atoms with Crippen molar-refractivity contribution in [3.8, 4) is 0 Å². The number of imidazole rings is 1. The molecule has 0 aliphatic carbocycles. The molecule has 11 heteroatoms. The van der Waals surface area contributed by atoms with Gasteiger partial charge < -0.3 is 9.16 Å². The second-order valence-corrected chi connectivity index (χ2v) is 21.7. The Balaban J connectivity index is 3.08. The van der Waals surface area contributed by atoms with Crippen LogP contribution in [0.4, 0.5) is 0 Å². The van der Waals surface area contributed by atoms with Gasteiger partial charge >= 0.3 is 0 Å². The largest absolute Gasteiger partial charge is 0.411 e. The minimum Gasteiger partial charge on any atom is -0.411 e. The van der Waals surface area contributed by atoms with Gasteiger partial charge in [0.05, 0.1) is 12.3 Å². The average molecular weight is 456 g/mol. The van der Waals surface area contributed by atoms with Gasteiger partial charge in [-0.05, 0) is 24.2 Å². The summed E-state index contributed by atoms with van der Waals surface area (Å²) in [7, 11) is -7.33. The number of rotatable bonds is 9. The fraction of sp³-hybridized carbons (Fsp3) is 0.812. The van der Waals surface area contributed by atoms with Crippen LogP contribution in [0.15, 0.2) is 5.16 Å². The molecule has 0 unspecified atom stereocenters. The van der Waals surface area contributed by atoms with E-state index in [1.807, 2.05) is 0 Å². The molecule has 0 spiro atoms. The van der Waals surface area contributed by atoms with Gasteiger partial charge in [-0.15, -0.1) is 0 Å². The van der Waals surface area contributed by atoms with Crippen LogP contribution < -0.4 is 5.14 Å². The van der Waals surface area contributed by atoms with Gasteiger partial charge in [0, 0.05) is 14.7 Å². The Hall–Kier alpha value is -0.236. The van der Waals surface area contributed by atoms with Gasteiger partial charge in [-0.2, -0.15) is 0 Å². The van der Waals surface area contributed by atoms with E-state index in [-0.39, 0.29) is 28.7 Å². The number of ether oxygens (including phenoxy) is 1. The summed E-state index contributed by atoms with van der Waals surface area (Å²) < 4.78 is 37.2. The highest BCUT2D eigenvalue weighted by Crippen LogP contribution is 2.37. The van der Waals surface area contributed by atoms with Gasteiger partial charge in [0.15, 0.2) is 13.5 Å². The molecule has 2 N–H and O–H groups in total. The topological polar surface area (TPSA) is 96.4 Å². The van der Waals surface area contributed by atoms with Crippen molar-refractivity contribution < 1.29 is 17.6 Å². The highest BCUT2D eigenvalue weighted by atomic mass is 35.5. The van der Waals surface area contributed by atoms with Crippen LogP contribution in [0.3, 0.4) is 0 Å². The van der Waals surface area contributed by atoms with E-state index in [4.69, 9.17) is 25.9 Å². The molecule has 158 valence electrons. The minimum atomic E-state index is -4.03. The van der Waals surface area contributed by atoms with Crippen molar-refractivity contribution in [1.29, 1.82) is 0 Å². The summed E-state index contributed by atoms with van der Waals surface area (Å²) in [4.78, 5) is 3.95. The molecule has 1 heterocycles. The zero-order valence-corrected chi connectivity index (χ0v) is 21.3. The summed E-state index contributed by atoms with van der Waals surface area (Å²) in [6.07, 6.45) is 0. The molecule has 1 aromatic rings. The summed E-state index contributed by atoms with van der Waals surface area (Å²) >= 11 is 6.22. The van der Waals surface area contributed by atoms with Gasteiger partial charge in [-0.25, -0.2) is 18.5 Å². The summed E-state index contributed by atoms with van der Waals surface area (Å²) in [6, 6.07) is 0.968. The standard InChI is InChI=1S/C16H34ClN3O4SSi2/c1-16(2,3)27(7,8)24-11-13-14(17)19-15(25(18,21)22)20(13)12-23-9-10-26(4,5)6/h9-12H2,1-8H3,(H2,18,21,22). The monoisotopic (exact) mass is 455 g/mol. The third-order valence-corrected chi connectivity index (χ3v) is 12.1. The number of aromatic nitrogens is 2. The van der Waals surface area contributed by atoms with Crippen molar-refractivity contribution in [3.63, 3.8) is 0 Å². The lowest BCUT2D eigenvalue weighted by molar-refractivity contribution is 0.0761. The third kappa shape index (κ3) is 7.26. The Morgan fingerprint density at radius 1 is 1.19 bits per heavy atom. The first-order valence-electron chi connectivity index (χ1n) is 8.95. The first-order chi connectivity index (χ1) is 12.0. The Morgan fingerprint density at radius 2 is 1.74 bits per heavy atom. The van der Waals surface area contributed by atoms with Crippen molar-refractivity contribution >= 4 is 38.0 Å². The van der Waals surface area contributed by atoms with Crippen LogP contribution in [0, 0.1) is 0 Å². The molecular weight excluding hydrogens is 422 g/mol. The Labute approximate surface area is 170 Å². The maximum Gasteiger partial charge on any atom is 0.272 e. The van der Waals surface area contributed by atoms with E-state index in [0.29, 0.717) is 12.3 Å². The summed E-state index contributed by atoms with van der Waals surface area (Å²) in [6.45, 7) is 18.1. The molecule has 0 aromatic carbocycles. The van der Waals surface area contributed by atoms with Crippen LogP contribution in [-0.2, 0) is 32.5 Å². The number of hydrogen-bond donors (Lipinski definition) is 1. The van der Waals surface area contributed by atoms with Crippen molar-refractivity contribution in [2.45, 2.75) is 83.1 Å². The molecule has 7 nitrogen and oxygen atoms in total. The first kappa shape index (κ1) is 24.8. The SMILES string of the molecule is CC(C)(C)[Si](C)(C)OCc1c(Cl)nc(S(N)(=O)=O)n1COCC[Si](C)(C)C. The van der Waals surface area contributed by atoms with Crippen LogP contribution in [0.5, 0.6) is 0 Å². The van der Waals surface area contributed by atoms with Crippen LogP contribution in [-0.4, -0.2) is 41.0 Å².